The number of aromatic nitrogens is 4. The summed E-state index contributed by atoms with van der Waals surface area (Å²) >= 11 is 1.89. The summed E-state index contributed by atoms with van der Waals surface area (Å²) in [6.45, 7) is 4.50. The van der Waals surface area contributed by atoms with Crippen LogP contribution < -0.4 is 5.32 Å². The summed E-state index contributed by atoms with van der Waals surface area (Å²) in [6, 6.07) is 0. The molecule has 19 heavy (non-hydrogen) atoms. The van der Waals surface area contributed by atoms with Crippen molar-refractivity contribution in [3.63, 3.8) is 0 Å². The highest BCUT2D eigenvalue weighted by molar-refractivity contribution is 7.98. The van der Waals surface area contributed by atoms with Crippen LogP contribution in [-0.4, -0.2) is 32.5 Å². The molecule has 0 aliphatic rings. The Morgan fingerprint density at radius 2 is 2.16 bits per heavy atom. The van der Waals surface area contributed by atoms with Gasteiger partial charge in [0.1, 0.15) is 11.6 Å². The van der Waals surface area contributed by atoms with Gasteiger partial charge in [-0.1, -0.05) is 13.8 Å². The Kier molecular flexibility index (Phi) is 4.63. The van der Waals surface area contributed by atoms with Gasteiger partial charge in [0.05, 0.1) is 17.3 Å². The zero-order valence-corrected chi connectivity index (χ0v) is 12.8. The summed E-state index contributed by atoms with van der Waals surface area (Å²) in [5.41, 5.74) is 0.888. The highest BCUT2D eigenvalue weighted by Crippen LogP contribution is 2.21. The van der Waals surface area contributed by atoms with Gasteiger partial charge in [-0.3, -0.25) is 4.68 Å². The van der Waals surface area contributed by atoms with E-state index >= 15 is 0 Å². The van der Waals surface area contributed by atoms with Crippen LogP contribution in [0.4, 0.5) is 5.82 Å². The number of hydrogen-bond acceptors (Lipinski definition) is 5. The van der Waals surface area contributed by atoms with Gasteiger partial charge in [0.15, 0.2) is 5.65 Å². The quantitative estimate of drug-likeness (QED) is 0.824. The molecule has 1 N–H and O–H groups in total. The third-order valence-corrected chi connectivity index (χ3v) is 3.93. The average molecular weight is 279 g/mol. The fourth-order valence-corrected chi connectivity index (χ4v) is 2.90. The fraction of sp³-hybridized carbons (Fsp3) is 0.615. The minimum absolute atomic E-state index is 0.751. The van der Waals surface area contributed by atoms with Crippen LogP contribution in [0.1, 0.15) is 26.1 Å². The number of hydrogen-bond donors (Lipinski definition) is 1. The Hall–Kier alpha value is -1.30. The molecule has 0 unspecified atom stereocenters. The number of fused-ring (bicyclic) bond motifs is 1. The van der Waals surface area contributed by atoms with Crippen LogP contribution in [0, 0.1) is 5.92 Å². The maximum Gasteiger partial charge on any atom is 0.163 e. The van der Waals surface area contributed by atoms with Gasteiger partial charge in [0.2, 0.25) is 0 Å². The molecule has 2 heterocycles. The van der Waals surface area contributed by atoms with E-state index in [0.717, 1.165) is 40.1 Å². The van der Waals surface area contributed by atoms with Gasteiger partial charge in [-0.15, -0.1) is 0 Å². The summed E-state index contributed by atoms with van der Waals surface area (Å²) in [5.74, 6) is 4.48. The lowest BCUT2D eigenvalue weighted by atomic mass is 10.2. The van der Waals surface area contributed by atoms with Crippen molar-refractivity contribution in [1.82, 2.24) is 19.7 Å². The van der Waals surface area contributed by atoms with Crippen LogP contribution in [-0.2, 0) is 12.8 Å². The summed E-state index contributed by atoms with van der Waals surface area (Å²) in [6.07, 6.45) is 3.04. The molecular formula is C13H21N5S. The van der Waals surface area contributed by atoms with Crippen LogP contribution in [0.25, 0.3) is 11.0 Å². The molecule has 0 atom stereocenters. The van der Waals surface area contributed by atoms with Crippen molar-refractivity contribution in [1.29, 1.82) is 0 Å². The van der Waals surface area contributed by atoms with Gasteiger partial charge in [-0.2, -0.15) is 16.9 Å². The predicted octanol–water partition coefficient (Wildman–Crippen LogP) is 2.68. The Balaban J connectivity index is 2.12. The summed E-state index contributed by atoms with van der Waals surface area (Å²) in [7, 11) is 3.79. The lowest BCUT2D eigenvalue weighted by molar-refractivity contribution is 0.632. The maximum absolute atomic E-state index is 4.59. The Morgan fingerprint density at radius 3 is 2.84 bits per heavy atom. The second kappa shape index (κ2) is 6.23. The zero-order chi connectivity index (χ0) is 13.8. The monoisotopic (exact) mass is 279 g/mol. The second-order valence-corrected chi connectivity index (χ2v) is 6.08. The first-order valence-electron chi connectivity index (χ1n) is 6.56. The van der Waals surface area contributed by atoms with Gasteiger partial charge >= 0.3 is 0 Å². The number of nitrogens with zero attached hydrogens (tertiary/aromatic N) is 4. The normalized spacial score (nSPS) is 11.4. The van der Waals surface area contributed by atoms with Gasteiger partial charge in [-0.05, 0) is 18.1 Å². The van der Waals surface area contributed by atoms with Crippen molar-refractivity contribution in [3.8, 4) is 0 Å². The first-order chi connectivity index (χ1) is 9.11. The fourth-order valence-electron chi connectivity index (χ4n) is 1.80. The first kappa shape index (κ1) is 14.1. The first-order valence-corrected chi connectivity index (χ1v) is 7.71. The molecule has 0 spiro atoms. The minimum atomic E-state index is 0.751. The van der Waals surface area contributed by atoms with Crippen LogP contribution in [0.3, 0.4) is 0 Å². The third-order valence-electron chi connectivity index (χ3n) is 2.95. The molecule has 104 valence electrons. The predicted molar refractivity (Wildman–Crippen MR) is 81.5 cm³/mol. The highest BCUT2D eigenvalue weighted by atomic mass is 32.2. The SMILES string of the molecule is CNc1nc(CSCCC(C)C)nc2c1cnn2C. The number of rotatable bonds is 6. The molecule has 2 aromatic rings. The van der Waals surface area contributed by atoms with Crippen molar-refractivity contribution in [2.45, 2.75) is 26.0 Å². The molecule has 0 saturated heterocycles. The molecule has 2 aromatic heterocycles. The lowest BCUT2D eigenvalue weighted by Gasteiger charge is -2.06. The molecular weight excluding hydrogens is 258 g/mol. The smallest absolute Gasteiger partial charge is 0.163 e. The van der Waals surface area contributed by atoms with E-state index in [-0.39, 0.29) is 0 Å². The molecule has 0 fully saturated rings. The molecule has 0 amide bonds. The van der Waals surface area contributed by atoms with Crippen molar-refractivity contribution in [2.24, 2.45) is 13.0 Å². The number of thioether (sulfide) groups is 1. The van der Waals surface area contributed by atoms with Crippen LogP contribution in [0.15, 0.2) is 6.20 Å². The maximum atomic E-state index is 4.59. The second-order valence-electron chi connectivity index (χ2n) is 4.98. The highest BCUT2D eigenvalue weighted by Gasteiger charge is 2.10. The number of nitrogens with one attached hydrogen (secondary N) is 1. The van der Waals surface area contributed by atoms with E-state index in [9.17, 15) is 0 Å². The molecule has 0 aromatic carbocycles. The van der Waals surface area contributed by atoms with Crippen molar-refractivity contribution < 1.29 is 0 Å². The zero-order valence-electron chi connectivity index (χ0n) is 12.0. The Labute approximate surface area is 118 Å². The number of anilines is 1. The Bertz CT molecular complexity index is 549. The van der Waals surface area contributed by atoms with E-state index in [1.165, 1.54) is 6.42 Å². The van der Waals surface area contributed by atoms with Gasteiger partial charge < -0.3 is 5.32 Å². The molecule has 0 saturated carbocycles. The van der Waals surface area contributed by atoms with E-state index in [1.807, 2.05) is 25.9 Å². The van der Waals surface area contributed by atoms with Crippen LogP contribution >= 0.6 is 11.8 Å². The van der Waals surface area contributed by atoms with E-state index in [0.29, 0.717) is 0 Å². The third kappa shape index (κ3) is 3.37. The largest absolute Gasteiger partial charge is 0.372 e. The summed E-state index contributed by atoms with van der Waals surface area (Å²) in [5, 5.41) is 8.32. The van der Waals surface area contributed by atoms with Gasteiger partial charge in [0, 0.05) is 14.1 Å². The Morgan fingerprint density at radius 1 is 1.37 bits per heavy atom. The summed E-state index contributed by atoms with van der Waals surface area (Å²) in [4.78, 5) is 9.14. The molecule has 0 bridgehead atoms. The summed E-state index contributed by atoms with van der Waals surface area (Å²) < 4.78 is 1.79. The lowest BCUT2D eigenvalue weighted by Crippen LogP contribution is -2.02. The topological polar surface area (TPSA) is 55.6 Å². The molecule has 5 nitrogen and oxygen atoms in total. The molecule has 0 aliphatic carbocycles. The minimum Gasteiger partial charge on any atom is -0.372 e. The van der Waals surface area contributed by atoms with E-state index in [1.54, 1.807) is 10.9 Å². The van der Waals surface area contributed by atoms with Gasteiger partial charge in [-0.25, -0.2) is 9.97 Å². The number of aryl methyl sites for hydroxylation is 1. The van der Waals surface area contributed by atoms with Crippen LogP contribution in [0.5, 0.6) is 0 Å². The van der Waals surface area contributed by atoms with E-state index < -0.39 is 0 Å². The molecule has 2 rings (SSSR count). The van der Waals surface area contributed by atoms with Crippen molar-refractivity contribution in [3.05, 3.63) is 12.0 Å². The molecule has 0 aliphatic heterocycles. The molecule has 6 heteroatoms. The average Bonchev–Trinajstić information content (AvgIpc) is 2.76. The van der Waals surface area contributed by atoms with E-state index in [4.69, 9.17) is 0 Å². The standard InChI is InChI=1S/C13H21N5S/c1-9(2)5-6-19-8-11-16-12(14-3)10-7-15-18(4)13(10)17-11/h7,9H,5-6,8H2,1-4H3,(H,14,16,17). The van der Waals surface area contributed by atoms with Crippen molar-refractivity contribution in [2.75, 3.05) is 18.1 Å². The van der Waals surface area contributed by atoms with Crippen LogP contribution in [0.2, 0.25) is 0 Å². The van der Waals surface area contributed by atoms with Crippen molar-refractivity contribution >= 4 is 28.6 Å². The van der Waals surface area contributed by atoms with E-state index in [2.05, 4.69) is 34.2 Å². The van der Waals surface area contributed by atoms with Gasteiger partial charge in [0.25, 0.3) is 0 Å². The molecule has 0 radical (unpaired) electrons.